The van der Waals surface area contributed by atoms with Gasteiger partial charge in [-0.2, -0.15) is 0 Å². The molecule has 0 unspecified atom stereocenters. The summed E-state index contributed by atoms with van der Waals surface area (Å²) in [5, 5.41) is 0. The maximum atomic E-state index is 13.2. The summed E-state index contributed by atoms with van der Waals surface area (Å²) in [5.41, 5.74) is 3.31. The molecule has 2 amide bonds. The van der Waals surface area contributed by atoms with Crippen LogP contribution in [0.3, 0.4) is 0 Å². The number of rotatable bonds is 6. The molecule has 168 valence electrons. The summed E-state index contributed by atoms with van der Waals surface area (Å²) in [4.78, 5) is 36.3. The molecular weight excluding hydrogens is 402 g/mol. The fraction of sp³-hybridized carbons (Fsp3) is 0.400. The van der Waals surface area contributed by atoms with Gasteiger partial charge in [0.1, 0.15) is 11.5 Å². The number of aryl methyl sites for hydroxylation is 1. The first kappa shape index (κ1) is 21.9. The van der Waals surface area contributed by atoms with E-state index < -0.39 is 0 Å². The molecule has 3 heterocycles. The lowest BCUT2D eigenvalue weighted by Gasteiger charge is -2.36. The van der Waals surface area contributed by atoms with Gasteiger partial charge >= 0.3 is 0 Å². The number of hydrogen-bond acceptors (Lipinski definition) is 4. The van der Waals surface area contributed by atoms with E-state index in [1.807, 2.05) is 52.8 Å². The van der Waals surface area contributed by atoms with Crippen LogP contribution in [0, 0.1) is 6.92 Å². The summed E-state index contributed by atoms with van der Waals surface area (Å²) in [6.07, 6.45) is 4.16. The predicted molar refractivity (Wildman–Crippen MR) is 127 cm³/mol. The van der Waals surface area contributed by atoms with Crippen LogP contribution in [-0.4, -0.2) is 59.3 Å². The largest absolute Gasteiger partial charge is 0.368 e. The lowest BCUT2D eigenvalue weighted by atomic mass is 10.2. The highest BCUT2D eigenvalue weighted by Crippen LogP contribution is 2.24. The van der Waals surface area contributed by atoms with Gasteiger partial charge in [-0.25, -0.2) is 4.98 Å². The molecule has 1 aliphatic rings. The van der Waals surface area contributed by atoms with Crippen LogP contribution in [0.4, 0.5) is 11.5 Å². The van der Waals surface area contributed by atoms with Crippen LogP contribution in [0.2, 0.25) is 0 Å². The van der Waals surface area contributed by atoms with Crippen molar-refractivity contribution in [1.82, 2.24) is 14.3 Å². The van der Waals surface area contributed by atoms with E-state index >= 15 is 0 Å². The van der Waals surface area contributed by atoms with Crippen molar-refractivity contribution in [3.63, 3.8) is 0 Å². The van der Waals surface area contributed by atoms with Gasteiger partial charge in [-0.05, 0) is 37.6 Å². The normalized spacial score (nSPS) is 14.1. The van der Waals surface area contributed by atoms with Crippen LogP contribution >= 0.6 is 0 Å². The van der Waals surface area contributed by atoms with E-state index in [1.54, 1.807) is 11.9 Å². The van der Waals surface area contributed by atoms with E-state index in [0.29, 0.717) is 25.1 Å². The van der Waals surface area contributed by atoms with Crippen molar-refractivity contribution < 1.29 is 9.59 Å². The first-order valence-electron chi connectivity index (χ1n) is 11.3. The van der Waals surface area contributed by atoms with Gasteiger partial charge in [0, 0.05) is 51.5 Å². The fourth-order valence-corrected chi connectivity index (χ4v) is 4.28. The molecule has 1 fully saturated rings. The Labute approximate surface area is 189 Å². The number of imidazole rings is 1. The molecule has 7 nitrogen and oxygen atoms in total. The van der Waals surface area contributed by atoms with E-state index in [4.69, 9.17) is 0 Å². The van der Waals surface area contributed by atoms with E-state index in [1.165, 1.54) is 5.69 Å². The number of nitrogens with zero attached hydrogens (tertiary/aromatic N) is 5. The molecule has 0 saturated carbocycles. The SMILES string of the molecule is CCCCC(=O)N(C)c1c(C)nc2ccc(C(=O)N3CCN(c4ccccc4)CC3)cn12. The second kappa shape index (κ2) is 9.42. The molecule has 3 aromatic rings. The summed E-state index contributed by atoms with van der Waals surface area (Å²) >= 11 is 0. The molecule has 0 aliphatic carbocycles. The van der Waals surface area contributed by atoms with Crippen molar-refractivity contribution in [3.05, 3.63) is 59.9 Å². The highest BCUT2D eigenvalue weighted by atomic mass is 16.2. The first-order valence-corrected chi connectivity index (χ1v) is 11.3. The van der Waals surface area contributed by atoms with Gasteiger partial charge in [-0.1, -0.05) is 31.5 Å². The van der Waals surface area contributed by atoms with Gasteiger partial charge in [-0.15, -0.1) is 0 Å². The maximum absolute atomic E-state index is 13.2. The molecule has 1 aliphatic heterocycles. The van der Waals surface area contributed by atoms with Gasteiger partial charge in [0.15, 0.2) is 0 Å². The molecule has 0 atom stereocenters. The summed E-state index contributed by atoms with van der Waals surface area (Å²) in [7, 11) is 1.78. The third-order valence-corrected chi connectivity index (χ3v) is 6.13. The Bertz CT molecular complexity index is 1100. The molecule has 0 N–H and O–H groups in total. The van der Waals surface area contributed by atoms with Crippen LogP contribution in [0.5, 0.6) is 0 Å². The van der Waals surface area contributed by atoms with Gasteiger partial charge < -0.3 is 9.80 Å². The van der Waals surface area contributed by atoms with Gasteiger partial charge in [0.2, 0.25) is 5.91 Å². The van der Waals surface area contributed by atoms with Crippen molar-refractivity contribution in [2.24, 2.45) is 0 Å². The average Bonchev–Trinajstić information content (AvgIpc) is 3.17. The monoisotopic (exact) mass is 433 g/mol. The number of hydrogen-bond donors (Lipinski definition) is 0. The number of carbonyl (C=O) groups excluding carboxylic acids is 2. The lowest BCUT2D eigenvalue weighted by Crippen LogP contribution is -2.48. The van der Waals surface area contributed by atoms with Gasteiger partial charge in [0.05, 0.1) is 11.3 Å². The van der Waals surface area contributed by atoms with E-state index in [2.05, 4.69) is 28.9 Å². The Kier molecular flexibility index (Phi) is 6.44. The third-order valence-electron chi connectivity index (χ3n) is 6.13. The lowest BCUT2D eigenvalue weighted by molar-refractivity contribution is -0.118. The number of fused-ring (bicyclic) bond motifs is 1. The van der Waals surface area contributed by atoms with E-state index in [-0.39, 0.29) is 11.8 Å². The Morgan fingerprint density at radius 3 is 2.44 bits per heavy atom. The minimum absolute atomic E-state index is 0.0110. The summed E-state index contributed by atoms with van der Waals surface area (Å²) in [6, 6.07) is 14.0. The summed E-state index contributed by atoms with van der Waals surface area (Å²) in [6.45, 7) is 6.94. The topological polar surface area (TPSA) is 61.2 Å². The van der Waals surface area contributed by atoms with Crippen LogP contribution in [0.15, 0.2) is 48.7 Å². The molecule has 32 heavy (non-hydrogen) atoms. The smallest absolute Gasteiger partial charge is 0.255 e. The molecule has 7 heteroatoms. The summed E-state index contributed by atoms with van der Waals surface area (Å²) in [5.74, 6) is 0.798. The van der Waals surface area contributed by atoms with Crippen LogP contribution in [0.1, 0.15) is 42.2 Å². The second-order valence-electron chi connectivity index (χ2n) is 8.34. The highest BCUT2D eigenvalue weighted by molar-refractivity contribution is 5.95. The molecule has 4 rings (SSSR count). The number of anilines is 2. The summed E-state index contributed by atoms with van der Waals surface area (Å²) < 4.78 is 1.87. The van der Waals surface area contributed by atoms with Crippen molar-refractivity contribution >= 4 is 29.0 Å². The van der Waals surface area contributed by atoms with Crippen LogP contribution in [-0.2, 0) is 4.79 Å². The molecule has 1 aromatic carbocycles. The third kappa shape index (κ3) is 4.33. The number of pyridine rings is 1. The molecular formula is C25H31N5O2. The number of para-hydroxylation sites is 1. The number of piperazine rings is 1. The molecule has 0 bridgehead atoms. The average molecular weight is 434 g/mol. The predicted octanol–water partition coefficient (Wildman–Crippen LogP) is 3.76. The minimum Gasteiger partial charge on any atom is -0.368 e. The highest BCUT2D eigenvalue weighted by Gasteiger charge is 2.24. The van der Waals surface area contributed by atoms with Crippen LogP contribution < -0.4 is 9.80 Å². The maximum Gasteiger partial charge on any atom is 0.255 e. The number of carbonyl (C=O) groups is 2. The second-order valence-corrected chi connectivity index (χ2v) is 8.34. The van der Waals surface area contributed by atoms with E-state index in [9.17, 15) is 9.59 Å². The molecule has 0 radical (unpaired) electrons. The van der Waals surface area contributed by atoms with Crippen molar-refractivity contribution in [1.29, 1.82) is 0 Å². The van der Waals surface area contributed by atoms with Crippen LogP contribution in [0.25, 0.3) is 5.65 Å². The number of aromatic nitrogens is 2. The van der Waals surface area contributed by atoms with Crippen molar-refractivity contribution in [2.45, 2.75) is 33.1 Å². The van der Waals surface area contributed by atoms with Crippen molar-refractivity contribution in [2.75, 3.05) is 43.0 Å². The standard InChI is InChI=1S/C25H31N5O2/c1-4-5-11-23(31)27(3)24-19(2)26-22-13-12-20(18-30(22)24)25(32)29-16-14-28(15-17-29)21-9-7-6-8-10-21/h6-10,12-13,18H,4-5,11,14-17H2,1-3H3. The van der Waals surface area contributed by atoms with E-state index in [0.717, 1.165) is 43.1 Å². The Hall–Kier alpha value is -3.35. The number of amides is 2. The molecule has 1 saturated heterocycles. The zero-order valence-electron chi connectivity index (χ0n) is 19.1. The zero-order chi connectivity index (χ0) is 22.7. The number of benzene rings is 1. The molecule has 0 spiro atoms. The quantitative estimate of drug-likeness (QED) is 0.594. The van der Waals surface area contributed by atoms with Crippen molar-refractivity contribution in [3.8, 4) is 0 Å². The Morgan fingerprint density at radius 1 is 1.03 bits per heavy atom. The minimum atomic E-state index is 0.0110. The first-order chi connectivity index (χ1) is 15.5. The van der Waals surface area contributed by atoms with Gasteiger partial charge in [0.25, 0.3) is 5.91 Å². The Balaban J connectivity index is 1.52. The molecule has 2 aromatic heterocycles. The number of unbranched alkanes of at least 4 members (excludes halogenated alkanes) is 1. The fourth-order valence-electron chi connectivity index (χ4n) is 4.28. The Morgan fingerprint density at radius 2 is 1.75 bits per heavy atom. The zero-order valence-corrected chi connectivity index (χ0v) is 19.1. The van der Waals surface area contributed by atoms with Gasteiger partial charge in [-0.3, -0.25) is 18.9 Å².